The van der Waals surface area contributed by atoms with Crippen molar-refractivity contribution in [2.75, 3.05) is 25.9 Å². The lowest BCUT2D eigenvalue weighted by molar-refractivity contribution is 0.163. The maximum Gasteiger partial charge on any atom is 0.0524 e. The number of hydrogen-bond donors (Lipinski definition) is 1. The normalized spacial score (nSPS) is 20.6. The van der Waals surface area contributed by atoms with Crippen molar-refractivity contribution in [1.82, 2.24) is 4.90 Å². The number of aliphatic hydroxyl groups is 1. The Morgan fingerprint density at radius 2 is 2.24 bits per heavy atom. The average molecular weight is 251 g/mol. The molecule has 2 unspecified atom stereocenters. The van der Waals surface area contributed by atoms with Crippen LogP contribution in [0.1, 0.15) is 24.8 Å². The molecule has 2 rings (SSSR count). The van der Waals surface area contributed by atoms with Crippen molar-refractivity contribution in [3.8, 4) is 0 Å². The summed E-state index contributed by atoms with van der Waals surface area (Å²) >= 11 is 1.97. The fraction of sp³-hybridized carbons (Fsp3) is 0.571. The van der Waals surface area contributed by atoms with Crippen LogP contribution in [0.25, 0.3) is 0 Å². The van der Waals surface area contributed by atoms with Gasteiger partial charge in [-0.05, 0) is 32.0 Å². The molecule has 0 radical (unpaired) electrons. The van der Waals surface area contributed by atoms with Crippen LogP contribution in [-0.4, -0.2) is 42.0 Å². The van der Waals surface area contributed by atoms with Crippen LogP contribution < -0.4 is 0 Å². The Morgan fingerprint density at radius 3 is 3.00 bits per heavy atom. The van der Waals surface area contributed by atoms with Crippen LogP contribution in [0.3, 0.4) is 0 Å². The maximum atomic E-state index is 9.29. The van der Waals surface area contributed by atoms with E-state index >= 15 is 0 Å². The highest BCUT2D eigenvalue weighted by atomic mass is 32.2. The minimum atomic E-state index is -0.192. The quantitative estimate of drug-likeness (QED) is 0.870. The first-order valence-corrected chi connectivity index (χ1v) is 7.23. The van der Waals surface area contributed by atoms with Crippen molar-refractivity contribution < 1.29 is 5.11 Å². The molecule has 0 fully saturated rings. The smallest absolute Gasteiger partial charge is 0.0524 e. The lowest BCUT2D eigenvalue weighted by atomic mass is 10.0. The summed E-state index contributed by atoms with van der Waals surface area (Å²) in [5, 5.41) is 9.29. The van der Waals surface area contributed by atoms with E-state index in [9.17, 15) is 5.11 Å². The van der Waals surface area contributed by atoms with Crippen LogP contribution in [0, 0.1) is 0 Å². The molecule has 0 aromatic heterocycles. The van der Waals surface area contributed by atoms with Crippen molar-refractivity contribution in [2.24, 2.45) is 0 Å². The molecule has 94 valence electrons. The Morgan fingerprint density at radius 1 is 1.47 bits per heavy atom. The van der Waals surface area contributed by atoms with E-state index in [0.717, 1.165) is 19.5 Å². The van der Waals surface area contributed by atoms with Crippen molar-refractivity contribution in [3.05, 3.63) is 29.8 Å². The zero-order valence-corrected chi connectivity index (χ0v) is 11.4. The summed E-state index contributed by atoms with van der Waals surface area (Å²) in [6.45, 7) is 3.92. The third-order valence-corrected chi connectivity index (χ3v) is 4.51. The summed E-state index contributed by atoms with van der Waals surface area (Å²) in [5.41, 5.74) is 1.50. The minimum absolute atomic E-state index is 0.192. The van der Waals surface area contributed by atoms with E-state index < -0.39 is 0 Å². The van der Waals surface area contributed by atoms with Gasteiger partial charge in [-0.25, -0.2) is 0 Å². The van der Waals surface area contributed by atoms with E-state index in [0.29, 0.717) is 5.92 Å². The number of benzene rings is 1. The number of rotatable bonds is 5. The molecule has 1 aliphatic rings. The van der Waals surface area contributed by atoms with Crippen LogP contribution in [0.4, 0.5) is 0 Å². The molecule has 0 saturated heterocycles. The summed E-state index contributed by atoms with van der Waals surface area (Å²) in [6.07, 6.45) is 0.667. The summed E-state index contributed by atoms with van der Waals surface area (Å²) in [7, 11) is 2.15. The van der Waals surface area contributed by atoms with E-state index in [-0.39, 0.29) is 6.10 Å². The molecule has 2 atom stereocenters. The largest absolute Gasteiger partial charge is 0.393 e. The third-order valence-electron chi connectivity index (χ3n) is 3.26. The van der Waals surface area contributed by atoms with Gasteiger partial charge in [-0.2, -0.15) is 0 Å². The molecule has 1 aromatic carbocycles. The molecular formula is C14H21NOS. The van der Waals surface area contributed by atoms with Gasteiger partial charge in [-0.1, -0.05) is 18.2 Å². The molecule has 0 aliphatic carbocycles. The van der Waals surface area contributed by atoms with Crippen LogP contribution in [0.15, 0.2) is 29.2 Å². The summed E-state index contributed by atoms with van der Waals surface area (Å²) in [4.78, 5) is 3.78. The second-order valence-electron chi connectivity index (χ2n) is 4.95. The molecule has 1 N–H and O–H groups in total. The van der Waals surface area contributed by atoms with Gasteiger partial charge in [0.05, 0.1) is 6.10 Å². The standard InChI is InChI=1S/C14H21NOS/c1-11(16)7-8-15(2)9-12-10-17-14-6-4-3-5-13(12)14/h3-6,11-12,16H,7-10H2,1-2H3. The number of nitrogens with zero attached hydrogens (tertiary/aromatic N) is 1. The molecule has 0 saturated carbocycles. The third kappa shape index (κ3) is 3.47. The lowest BCUT2D eigenvalue weighted by Gasteiger charge is -2.21. The zero-order valence-electron chi connectivity index (χ0n) is 10.6. The van der Waals surface area contributed by atoms with E-state index in [1.807, 2.05) is 18.7 Å². The highest BCUT2D eigenvalue weighted by Gasteiger charge is 2.23. The van der Waals surface area contributed by atoms with E-state index in [1.54, 1.807) is 0 Å². The lowest BCUT2D eigenvalue weighted by Crippen LogP contribution is -2.27. The fourth-order valence-electron chi connectivity index (χ4n) is 2.26. The summed E-state index contributed by atoms with van der Waals surface area (Å²) in [6, 6.07) is 8.72. The molecule has 0 bridgehead atoms. The number of hydrogen-bond acceptors (Lipinski definition) is 3. The first kappa shape index (κ1) is 12.9. The molecule has 0 spiro atoms. The minimum Gasteiger partial charge on any atom is -0.393 e. The number of aliphatic hydroxyl groups excluding tert-OH is 1. The maximum absolute atomic E-state index is 9.29. The predicted molar refractivity (Wildman–Crippen MR) is 73.7 cm³/mol. The fourth-order valence-corrected chi connectivity index (χ4v) is 3.50. The van der Waals surface area contributed by atoms with Crippen LogP contribution >= 0.6 is 11.8 Å². The van der Waals surface area contributed by atoms with Crippen molar-refractivity contribution in [1.29, 1.82) is 0 Å². The van der Waals surface area contributed by atoms with Gasteiger partial charge in [0.25, 0.3) is 0 Å². The van der Waals surface area contributed by atoms with Gasteiger partial charge in [-0.3, -0.25) is 0 Å². The predicted octanol–water partition coefficient (Wildman–Crippen LogP) is 2.58. The Hall–Kier alpha value is -0.510. The van der Waals surface area contributed by atoms with Gasteiger partial charge in [0.15, 0.2) is 0 Å². The Bertz CT molecular complexity index is 367. The van der Waals surface area contributed by atoms with Crippen molar-refractivity contribution >= 4 is 11.8 Å². The van der Waals surface area contributed by atoms with Crippen LogP contribution in [-0.2, 0) is 0 Å². The SMILES string of the molecule is CC(O)CCN(C)CC1CSc2ccccc21. The Balaban J connectivity index is 1.88. The molecule has 2 nitrogen and oxygen atoms in total. The Kier molecular flexibility index (Phi) is 4.48. The highest BCUT2D eigenvalue weighted by molar-refractivity contribution is 7.99. The Labute approximate surface area is 108 Å². The van der Waals surface area contributed by atoms with Gasteiger partial charge < -0.3 is 10.0 Å². The topological polar surface area (TPSA) is 23.5 Å². The first-order valence-electron chi connectivity index (χ1n) is 6.25. The number of fused-ring (bicyclic) bond motifs is 1. The zero-order chi connectivity index (χ0) is 12.3. The molecule has 3 heteroatoms. The molecule has 1 aliphatic heterocycles. The second-order valence-corrected chi connectivity index (χ2v) is 6.01. The summed E-state index contributed by atoms with van der Waals surface area (Å²) in [5.74, 6) is 1.84. The van der Waals surface area contributed by atoms with Gasteiger partial charge in [0.2, 0.25) is 0 Å². The molecule has 1 heterocycles. The molecule has 17 heavy (non-hydrogen) atoms. The van der Waals surface area contributed by atoms with Crippen LogP contribution in [0.2, 0.25) is 0 Å². The monoisotopic (exact) mass is 251 g/mol. The molecule has 1 aromatic rings. The number of likely N-dealkylation sites (N-methyl/N-ethyl adjacent to an activating group) is 1. The van der Waals surface area contributed by atoms with Gasteiger partial charge >= 0.3 is 0 Å². The van der Waals surface area contributed by atoms with Crippen molar-refractivity contribution in [3.63, 3.8) is 0 Å². The van der Waals surface area contributed by atoms with Gasteiger partial charge in [0, 0.05) is 29.7 Å². The average Bonchev–Trinajstić information content (AvgIpc) is 2.70. The number of thioether (sulfide) groups is 1. The van der Waals surface area contributed by atoms with Gasteiger partial charge in [-0.15, -0.1) is 11.8 Å². The highest BCUT2D eigenvalue weighted by Crippen LogP contribution is 2.39. The van der Waals surface area contributed by atoms with Crippen molar-refractivity contribution in [2.45, 2.75) is 30.3 Å². The molecular weight excluding hydrogens is 230 g/mol. The summed E-state index contributed by atoms with van der Waals surface area (Å²) < 4.78 is 0. The molecule has 0 amide bonds. The second kappa shape index (κ2) is 5.89. The van der Waals surface area contributed by atoms with E-state index in [4.69, 9.17) is 0 Å². The first-order chi connectivity index (χ1) is 8.16. The van der Waals surface area contributed by atoms with Gasteiger partial charge in [0.1, 0.15) is 0 Å². The van der Waals surface area contributed by atoms with Crippen LogP contribution in [0.5, 0.6) is 0 Å². The van der Waals surface area contributed by atoms with E-state index in [2.05, 4.69) is 36.2 Å². The van der Waals surface area contributed by atoms with E-state index in [1.165, 1.54) is 16.2 Å².